The Morgan fingerprint density at radius 3 is 2.75 bits per heavy atom. The van der Waals surface area contributed by atoms with Crippen LogP contribution in [-0.4, -0.2) is 41.5 Å². The van der Waals surface area contributed by atoms with Gasteiger partial charge in [-0.25, -0.2) is 0 Å². The number of benzene rings is 1. The zero-order valence-electron chi connectivity index (χ0n) is 11.0. The maximum atomic E-state index is 11.6. The molecule has 0 saturated carbocycles. The van der Waals surface area contributed by atoms with Crippen LogP contribution in [0.4, 0.5) is 5.69 Å². The van der Waals surface area contributed by atoms with Crippen LogP contribution in [0.1, 0.15) is 12.8 Å². The first-order valence-electron chi connectivity index (χ1n) is 6.49. The van der Waals surface area contributed by atoms with Crippen molar-refractivity contribution < 1.29 is 14.5 Å². The molecule has 0 spiro atoms. The number of likely N-dealkylation sites (tertiary alicyclic amines) is 1. The van der Waals surface area contributed by atoms with Crippen molar-refractivity contribution in [2.24, 2.45) is 5.73 Å². The molecule has 0 radical (unpaired) electrons. The molecule has 1 aromatic carbocycles. The van der Waals surface area contributed by atoms with Gasteiger partial charge in [-0.1, -0.05) is 0 Å². The summed E-state index contributed by atoms with van der Waals surface area (Å²) >= 11 is 0. The molecule has 1 amide bonds. The van der Waals surface area contributed by atoms with Crippen molar-refractivity contribution in [2.45, 2.75) is 18.9 Å². The molecule has 1 saturated heterocycles. The van der Waals surface area contributed by atoms with Crippen LogP contribution >= 0.6 is 0 Å². The standard InChI is InChI=1S/C13H17N3O4/c14-8-13(17)15-7-1-2-12(9-15)20-11-5-3-10(4-6-11)16(18)19/h3-6,12H,1-2,7-9,14H2. The highest BCUT2D eigenvalue weighted by Crippen LogP contribution is 2.21. The van der Waals surface area contributed by atoms with Gasteiger partial charge in [-0.2, -0.15) is 0 Å². The number of hydrogen-bond acceptors (Lipinski definition) is 5. The molecule has 2 N–H and O–H groups in total. The Labute approximate surface area is 116 Å². The second-order valence-electron chi connectivity index (χ2n) is 4.68. The largest absolute Gasteiger partial charge is 0.489 e. The van der Waals surface area contributed by atoms with Crippen LogP contribution < -0.4 is 10.5 Å². The minimum Gasteiger partial charge on any atom is -0.489 e. The van der Waals surface area contributed by atoms with Gasteiger partial charge in [-0.15, -0.1) is 0 Å². The van der Waals surface area contributed by atoms with Crippen molar-refractivity contribution in [3.8, 4) is 5.75 Å². The molecule has 0 bridgehead atoms. The van der Waals surface area contributed by atoms with E-state index in [4.69, 9.17) is 10.5 Å². The van der Waals surface area contributed by atoms with Crippen LogP contribution in [0, 0.1) is 10.1 Å². The van der Waals surface area contributed by atoms with Gasteiger partial charge in [-0.3, -0.25) is 14.9 Å². The molecule has 7 nitrogen and oxygen atoms in total. The summed E-state index contributed by atoms with van der Waals surface area (Å²) in [5.41, 5.74) is 5.38. The van der Waals surface area contributed by atoms with Crippen molar-refractivity contribution >= 4 is 11.6 Å². The van der Waals surface area contributed by atoms with Crippen molar-refractivity contribution in [1.82, 2.24) is 4.90 Å². The van der Waals surface area contributed by atoms with Crippen LogP contribution in [0.5, 0.6) is 5.75 Å². The van der Waals surface area contributed by atoms with Gasteiger partial charge in [0.2, 0.25) is 5.91 Å². The van der Waals surface area contributed by atoms with Crippen molar-refractivity contribution in [3.05, 3.63) is 34.4 Å². The Bertz CT molecular complexity index is 489. The first-order valence-corrected chi connectivity index (χ1v) is 6.49. The summed E-state index contributed by atoms with van der Waals surface area (Å²) in [5, 5.41) is 10.6. The van der Waals surface area contributed by atoms with Gasteiger partial charge < -0.3 is 15.4 Å². The summed E-state index contributed by atoms with van der Waals surface area (Å²) < 4.78 is 5.76. The third-order valence-corrected chi connectivity index (χ3v) is 3.26. The molecular weight excluding hydrogens is 262 g/mol. The molecule has 108 valence electrons. The Kier molecular flexibility index (Phi) is 4.52. The molecule has 1 aromatic rings. The molecule has 1 aliphatic rings. The smallest absolute Gasteiger partial charge is 0.269 e. The Morgan fingerprint density at radius 1 is 1.45 bits per heavy atom. The molecule has 7 heteroatoms. The van der Waals surface area contributed by atoms with E-state index < -0.39 is 4.92 Å². The number of hydrogen-bond donors (Lipinski definition) is 1. The van der Waals surface area contributed by atoms with Gasteiger partial charge in [0.1, 0.15) is 11.9 Å². The maximum absolute atomic E-state index is 11.6. The highest BCUT2D eigenvalue weighted by Gasteiger charge is 2.24. The van der Waals surface area contributed by atoms with Crippen LogP contribution in [0.25, 0.3) is 0 Å². The van der Waals surface area contributed by atoms with Gasteiger partial charge in [0.25, 0.3) is 5.69 Å². The van der Waals surface area contributed by atoms with E-state index in [9.17, 15) is 14.9 Å². The van der Waals surface area contributed by atoms with Crippen LogP contribution in [0.15, 0.2) is 24.3 Å². The predicted molar refractivity (Wildman–Crippen MR) is 72.4 cm³/mol. The first-order chi connectivity index (χ1) is 9.60. The van der Waals surface area contributed by atoms with Crippen LogP contribution in [0.2, 0.25) is 0 Å². The van der Waals surface area contributed by atoms with E-state index in [2.05, 4.69) is 0 Å². The second kappa shape index (κ2) is 6.33. The second-order valence-corrected chi connectivity index (χ2v) is 4.68. The molecular formula is C13H17N3O4. The lowest BCUT2D eigenvalue weighted by Gasteiger charge is -2.32. The van der Waals surface area contributed by atoms with Crippen molar-refractivity contribution in [1.29, 1.82) is 0 Å². The van der Waals surface area contributed by atoms with E-state index in [1.165, 1.54) is 12.1 Å². The topological polar surface area (TPSA) is 98.7 Å². The zero-order chi connectivity index (χ0) is 14.5. The van der Waals surface area contributed by atoms with Crippen molar-refractivity contribution in [3.63, 3.8) is 0 Å². The normalized spacial score (nSPS) is 18.6. The van der Waals surface area contributed by atoms with Crippen molar-refractivity contribution in [2.75, 3.05) is 19.6 Å². The summed E-state index contributed by atoms with van der Waals surface area (Å²) in [4.78, 5) is 23.4. The van der Waals surface area contributed by atoms with E-state index in [-0.39, 0.29) is 24.2 Å². The number of ether oxygens (including phenoxy) is 1. The highest BCUT2D eigenvalue weighted by molar-refractivity contribution is 5.78. The zero-order valence-corrected chi connectivity index (χ0v) is 11.0. The fourth-order valence-electron chi connectivity index (χ4n) is 2.23. The summed E-state index contributed by atoms with van der Waals surface area (Å²) in [5.74, 6) is 0.490. The van der Waals surface area contributed by atoms with E-state index in [0.717, 1.165) is 12.8 Å². The molecule has 0 aromatic heterocycles. The quantitative estimate of drug-likeness (QED) is 0.652. The molecule has 1 unspecified atom stereocenters. The van der Waals surface area contributed by atoms with Gasteiger partial charge in [0.05, 0.1) is 18.0 Å². The lowest BCUT2D eigenvalue weighted by molar-refractivity contribution is -0.384. The number of carbonyl (C=O) groups excluding carboxylic acids is 1. The molecule has 20 heavy (non-hydrogen) atoms. The van der Waals surface area contributed by atoms with E-state index in [1.807, 2.05) is 0 Å². The molecule has 1 atom stereocenters. The summed E-state index contributed by atoms with van der Waals surface area (Å²) in [6.45, 7) is 1.22. The number of nitrogens with two attached hydrogens (primary N) is 1. The number of nitro groups is 1. The average molecular weight is 279 g/mol. The number of amides is 1. The Morgan fingerprint density at radius 2 is 2.15 bits per heavy atom. The third kappa shape index (κ3) is 3.45. The first kappa shape index (κ1) is 14.3. The summed E-state index contributed by atoms with van der Waals surface area (Å²) in [6.07, 6.45) is 1.62. The number of piperidine rings is 1. The van der Waals surface area contributed by atoms with E-state index in [1.54, 1.807) is 17.0 Å². The number of non-ortho nitro benzene ring substituents is 1. The monoisotopic (exact) mass is 279 g/mol. The third-order valence-electron chi connectivity index (χ3n) is 3.26. The number of carbonyl (C=O) groups is 1. The van der Waals surface area contributed by atoms with Gasteiger partial charge in [0.15, 0.2) is 0 Å². The highest BCUT2D eigenvalue weighted by atomic mass is 16.6. The Hall–Kier alpha value is -2.15. The molecule has 0 aliphatic carbocycles. The molecule has 2 rings (SSSR count). The molecule has 1 fully saturated rings. The molecule has 1 heterocycles. The predicted octanol–water partition coefficient (Wildman–Crippen LogP) is 0.923. The minimum absolute atomic E-state index is 0.00422. The summed E-state index contributed by atoms with van der Waals surface area (Å²) in [6, 6.07) is 5.95. The SMILES string of the molecule is NCC(=O)N1CCCC(Oc2ccc([N+](=O)[O-])cc2)C1. The number of rotatable bonds is 4. The number of nitrogens with zero attached hydrogens (tertiary/aromatic N) is 2. The van der Waals surface area contributed by atoms with E-state index >= 15 is 0 Å². The average Bonchev–Trinajstić information content (AvgIpc) is 2.47. The van der Waals surface area contributed by atoms with Gasteiger partial charge in [-0.05, 0) is 25.0 Å². The summed E-state index contributed by atoms with van der Waals surface area (Å²) in [7, 11) is 0. The minimum atomic E-state index is -0.452. The van der Waals surface area contributed by atoms with Crippen LogP contribution in [0.3, 0.4) is 0 Å². The van der Waals surface area contributed by atoms with Gasteiger partial charge in [0, 0.05) is 18.7 Å². The number of nitro benzene ring substituents is 1. The van der Waals surface area contributed by atoms with E-state index in [0.29, 0.717) is 18.8 Å². The Balaban J connectivity index is 1.95. The lowest BCUT2D eigenvalue weighted by Crippen LogP contribution is -2.46. The van der Waals surface area contributed by atoms with Gasteiger partial charge >= 0.3 is 0 Å². The fraction of sp³-hybridized carbons (Fsp3) is 0.462. The lowest BCUT2D eigenvalue weighted by atomic mass is 10.1. The fourth-order valence-corrected chi connectivity index (χ4v) is 2.23. The molecule has 1 aliphatic heterocycles. The van der Waals surface area contributed by atoms with Crippen LogP contribution in [-0.2, 0) is 4.79 Å². The maximum Gasteiger partial charge on any atom is 0.269 e.